The van der Waals surface area contributed by atoms with Gasteiger partial charge in [0, 0.05) is 12.6 Å². The molecule has 4 rings (SSSR count). The molecule has 1 aliphatic heterocycles. The first-order valence-electron chi connectivity index (χ1n) is 9.20. The molecule has 2 heterocycles. The molecular formula is C19H23N3O3S. The zero-order valence-corrected chi connectivity index (χ0v) is 15.6. The van der Waals surface area contributed by atoms with Gasteiger partial charge in [-0.3, -0.25) is 14.2 Å². The van der Waals surface area contributed by atoms with E-state index in [0.717, 1.165) is 32.3 Å². The number of nitrogens with one attached hydrogen (secondary N) is 1. The second-order valence-electron chi connectivity index (χ2n) is 7.01. The summed E-state index contributed by atoms with van der Waals surface area (Å²) < 4.78 is 7.40. The molecular weight excluding hydrogens is 350 g/mol. The quantitative estimate of drug-likeness (QED) is 0.621. The van der Waals surface area contributed by atoms with Gasteiger partial charge in [-0.25, -0.2) is 4.98 Å². The van der Waals surface area contributed by atoms with Crippen LogP contribution < -0.4 is 10.9 Å². The number of benzene rings is 1. The lowest BCUT2D eigenvalue weighted by molar-refractivity contribution is -0.120. The number of para-hydroxylation sites is 1. The Kier molecular flexibility index (Phi) is 5.00. The zero-order chi connectivity index (χ0) is 18.1. The van der Waals surface area contributed by atoms with Crippen LogP contribution in [0.5, 0.6) is 0 Å². The third kappa shape index (κ3) is 3.78. The Morgan fingerprint density at radius 1 is 1.38 bits per heavy atom. The summed E-state index contributed by atoms with van der Waals surface area (Å²) >= 11 is 1.34. The molecule has 2 fully saturated rings. The Labute approximate surface area is 156 Å². The smallest absolute Gasteiger partial charge is 0.262 e. The van der Waals surface area contributed by atoms with Crippen molar-refractivity contribution in [3.8, 4) is 0 Å². The number of hydrogen-bond donors (Lipinski definition) is 1. The molecule has 1 aromatic carbocycles. The third-order valence-electron chi connectivity index (χ3n) is 4.81. The minimum absolute atomic E-state index is 0.00331. The van der Waals surface area contributed by atoms with Crippen molar-refractivity contribution < 1.29 is 9.53 Å². The van der Waals surface area contributed by atoms with Gasteiger partial charge >= 0.3 is 0 Å². The Morgan fingerprint density at radius 3 is 2.92 bits per heavy atom. The van der Waals surface area contributed by atoms with Gasteiger partial charge in [-0.2, -0.15) is 0 Å². The summed E-state index contributed by atoms with van der Waals surface area (Å²) in [5.41, 5.74) is 0.599. The minimum atomic E-state index is -0.306. The van der Waals surface area contributed by atoms with E-state index in [1.165, 1.54) is 11.8 Å². The molecule has 0 spiro atoms. The molecule has 1 amide bonds. The van der Waals surface area contributed by atoms with Gasteiger partial charge in [-0.05, 0) is 44.7 Å². The first-order valence-corrected chi connectivity index (χ1v) is 10.1. The van der Waals surface area contributed by atoms with Gasteiger partial charge in [0.2, 0.25) is 5.91 Å². The minimum Gasteiger partial charge on any atom is -0.376 e. The highest BCUT2D eigenvalue weighted by Gasteiger charge is 2.27. The number of thioether (sulfide) groups is 1. The van der Waals surface area contributed by atoms with E-state index in [-0.39, 0.29) is 22.8 Å². The molecule has 7 heteroatoms. The zero-order valence-electron chi connectivity index (χ0n) is 14.8. The lowest BCUT2D eigenvalue weighted by Gasteiger charge is -2.18. The summed E-state index contributed by atoms with van der Waals surface area (Å²) in [6.07, 6.45) is 4.11. The fraction of sp³-hybridized carbons (Fsp3) is 0.526. The van der Waals surface area contributed by atoms with E-state index in [2.05, 4.69) is 10.3 Å². The molecule has 1 saturated heterocycles. The molecule has 0 unspecified atom stereocenters. The van der Waals surface area contributed by atoms with Crippen LogP contribution in [0.1, 0.15) is 32.6 Å². The third-order valence-corrected chi connectivity index (χ3v) is 5.90. The largest absolute Gasteiger partial charge is 0.376 e. The number of rotatable bonds is 6. The maximum absolute atomic E-state index is 13.0. The summed E-state index contributed by atoms with van der Waals surface area (Å²) in [5.74, 6) is 0.00331. The van der Waals surface area contributed by atoms with Gasteiger partial charge < -0.3 is 10.1 Å². The Balaban J connectivity index is 1.65. The monoisotopic (exact) mass is 373 g/mol. The molecule has 1 aliphatic carbocycles. The van der Waals surface area contributed by atoms with Gasteiger partial charge in [-0.1, -0.05) is 23.9 Å². The molecule has 1 saturated carbocycles. The van der Waals surface area contributed by atoms with Crippen LogP contribution in [0.25, 0.3) is 10.9 Å². The Bertz CT molecular complexity index is 872. The second kappa shape index (κ2) is 7.40. The fourth-order valence-electron chi connectivity index (χ4n) is 3.15. The number of hydrogen-bond acceptors (Lipinski definition) is 5. The summed E-state index contributed by atoms with van der Waals surface area (Å²) in [5, 5.41) is 3.90. The molecule has 2 aromatic rings. The Morgan fingerprint density at radius 2 is 2.19 bits per heavy atom. The first-order chi connectivity index (χ1) is 12.6. The van der Waals surface area contributed by atoms with Crippen LogP contribution in [0, 0.1) is 0 Å². The van der Waals surface area contributed by atoms with Crippen LogP contribution in [0.3, 0.4) is 0 Å². The molecule has 2 atom stereocenters. The number of amides is 1. The summed E-state index contributed by atoms with van der Waals surface area (Å²) in [4.78, 5) is 30.0. The predicted octanol–water partition coefficient (Wildman–Crippen LogP) is 2.33. The van der Waals surface area contributed by atoms with Crippen molar-refractivity contribution in [3.05, 3.63) is 34.6 Å². The lowest BCUT2D eigenvalue weighted by Crippen LogP contribution is -2.34. The molecule has 1 aromatic heterocycles. The molecule has 26 heavy (non-hydrogen) atoms. The number of aromatic nitrogens is 2. The fourth-order valence-corrected chi connectivity index (χ4v) is 4.08. The average Bonchev–Trinajstić information content (AvgIpc) is 3.30. The van der Waals surface area contributed by atoms with Crippen LogP contribution in [0.2, 0.25) is 0 Å². The highest BCUT2D eigenvalue weighted by atomic mass is 32.2. The Hall–Kier alpha value is -1.86. The van der Waals surface area contributed by atoms with E-state index in [1.807, 2.05) is 25.1 Å². The molecule has 0 bridgehead atoms. The van der Waals surface area contributed by atoms with Crippen molar-refractivity contribution >= 4 is 28.6 Å². The van der Waals surface area contributed by atoms with Gasteiger partial charge in [0.05, 0.1) is 28.8 Å². The van der Waals surface area contributed by atoms with Crippen LogP contribution >= 0.6 is 11.8 Å². The number of carbonyl (C=O) groups is 1. The molecule has 6 nitrogen and oxygen atoms in total. The molecule has 138 valence electrons. The standard InChI is InChI=1S/C19H23N3O3S/c1-12(17(23)20-13-8-9-13)26-19-21-16-7-3-2-6-15(16)18(24)22(19)11-14-5-4-10-25-14/h2-3,6-7,12-14H,4-5,8-11H2,1H3,(H,20,23)/t12-,14-/m0/s1. The van der Waals surface area contributed by atoms with E-state index in [9.17, 15) is 9.59 Å². The number of carbonyl (C=O) groups excluding carboxylic acids is 1. The molecule has 1 N–H and O–H groups in total. The van der Waals surface area contributed by atoms with Crippen molar-refractivity contribution in [3.63, 3.8) is 0 Å². The number of nitrogens with zero attached hydrogens (tertiary/aromatic N) is 2. The van der Waals surface area contributed by atoms with E-state index in [1.54, 1.807) is 10.6 Å². The van der Waals surface area contributed by atoms with Crippen molar-refractivity contribution in [1.82, 2.24) is 14.9 Å². The van der Waals surface area contributed by atoms with Crippen molar-refractivity contribution in [2.24, 2.45) is 0 Å². The average molecular weight is 373 g/mol. The summed E-state index contributed by atoms with van der Waals surface area (Å²) in [6.45, 7) is 3.08. The summed E-state index contributed by atoms with van der Waals surface area (Å²) in [7, 11) is 0. The van der Waals surface area contributed by atoms with Crippen molar-refractivity contribution in [1.29, 1.82) is 0 Å². The van der Waals surface area contributed by atoms with Crippen LogP contribution in [-0.4, -0.2) is 39.5 Å². The van der Waals surface area contributed by atoms with Crippen LogP contribution in [0.15, 0.2) is 34.2 Å². The highest BCUT2D eigenvalue weighted by Crippen LogP contribution is 2.26. The topological polar surface area (TPSA) is 73.2 Å². The van der Waals surface area contributed by atoms with Gasteiger partial charge in [0.25, 0.3) is 5.56 Å². The van der Waals surface area contributed by atoms with E-state index < -0.39 is 0 Å². The van der Waals surface area contributed by atoms with Crippen molar-refractivity contribution in [2.75, 3.05) is 6.61 Å². The van der Waals surface area contributed by atoms with Crippen LogP contribution in [0.4, 0.5) is 0 Å². The number of fused-ring (bicyclic) bond motifs is 1. The highest BCUT2D eigenvalue weighted by molar-refractivity contribution is 8.00. The van der Waals surface area contributed by atoms with Crippen molar-refractivity contribution in [2.45, 2.75) is 61.7 Å². The van der Waals surface area contributed by atoms with Gasteiger partial charge in [0.15, 0.2) is 5.16 Å². The summed E-state index contributed by atoms with van der Waals surface area (Å²) in [6, 6.07) is 7.68. The lowest BCUT2D eigenvalue weighted by atomic mass is 10.2. The van der Waals surface area contributed by atoms with E-state index in [0.29, 0.717) is 28.6 Å². The second-order valence-corrected chi connectivity index (χ2v) is 8.31. The van der Waals surface area contributed by atoms with Crippen LogP contribution in [-0.2, 0) is 16.1 Å². The molecule has 0 radical (unpaired) electrons. The SMILES string of the molecule is C[C@H](Sc1nc2ccccc2c(=O)n1C[C@@H]1CCCO1)C(=O)NC1CC1. The normalized spacial score (nSPS) is 21.0. The first kappa shape index (κ1) is 17.5. The molecule has 2 aliphatic rings. The maximum atomic E-state index is 13.0. The van der Waals surface area contributed by atoms with Gasteiger partial charge in [-0.15, -0.1) is 0 Å². The van der Waals surface area contributed by atoms with Gasteiger partial charge in [0.1, 0.15) is 0 Å². The van der Waals surface area contributed by atoms with E-state index in [4.69, 9.17) is 4.74 Å². The maximum Gasteiger partial charge on any atom is 0.262 e. The van der Waals surface area contributed by atoms with E-state index >= 15 is 0 Å². The predicted molar refractivity (Wildman–Crippen MR) is 101 cm³/mol. The number of ether oxygens (including phenoxy) is 1.